The van der Waals surface area contributed by atoms with Gasteiger partial charge >= 0.3 is 0 Å². The summed E-state index contributed by atoms with van der Waals surface area (Å²) < 4.78 is 13.1. The van der Waals surface area contributed by atoms with Crippen molar-refractivity contribution >= 4 is 11.7 Å². The fourth-order valence-electron chi connectivity index (χ4n) is 3.89. The fraction of sp³-hybridized carbons (Fsp3) is 0.348. The molecule has 0 radical (unpaired) electrons. The highest BCUT2D eigenvalue weighted by atomic mass is 16.5. The van der Waals surface area contributed by atoms with Gasteiger partial charge in [0.2, 0.25) is 0 Å². The second kappa shape index (κ2) is 9.18. The monoisotopic (exact) mass is 421 g/mol. The quantitative estimate of drug-likeness (QED) is 0.608. The van der Waals surface area contributed by atoms with Crippen LogP contribution in [0.3, 0.4) is 0 Å². The number of aromatic nitrogens is 3. The number of amides is 1. The molecule has 0 bridgehead atoms. The van der Waals surface area contributed by atoms with Gasteiger partial charge in [0.25, 0.3) is 5.91 Å². The Morgan fingerprint density at radius 1 is 1.26 bits per heavy atom. The molecule has 1 aliphatic rings. The summed E-state index contributed by atoms with van der Waals surface area (Å²) in [4.78, 5) is 17.2. The van der Waals surface area contributed by atoms with Gasteiger partial charge in [-0.05, 0) is 43.0 Å². The van der Waals surface area contributed by atoms with E-state index in [9.17, 15) is 4.79 Å². The van der Waals surface area contributed by atoms with E-state index in [-0.39, 0.29) is 23.9 Å². The van der Waals surface area contributed by atoms with Crippen LogP contribution >= 0.6 is 0 Å². The van der Waals surface area contributed by atoms with Gasteiger partial charge in [-0.3, -0.25) is 9.48 Å². The molecule has 0 spiro atoms. The second-order valence-corrected chi connectivity index (χ2v) is 7.77. The molecule has 1 saturated carbocycles. The molecule has 0 saturated heterocycles. The van der Waals surface area contributed by atoms with Gasteiger partial charge < -0.3 is 20.5 Å². The van der Waals surface area contributed by atoms with Crippen LogP contribution in [0.4, 0.5) is 5.82 Å². The number of benzene rings is 1. The fourth-order valence-corrected chi connectivity index (χ4v) is 3.89. The van der Waals surface area contributed by atoms with Crippen LogP contribution in [0.1, 0.15) is 35.2 Å². The Kier molecular flexibility index (Phi) is 6.18. The van der Waals surface area contributed by atoms with E-state index in [2.05, 4.69) is 15.4 Å². The first-order chi connectivity index (χ1) is 15.0. The van der Waals surface area contributed by atoms with Crippen LogP contribution in [-0.2, 0) is 18.4 Å². The predicted octanol–water partition coefficient (Wildman–Crippen LogP) is 2.94. The van der Waals surface area contributed by atoms with Gasteiger partial charge in [0.05, 0.1) is 37.6 Å². The minimum atomic E-state index is -0.238. The Labute approximate surface area is 181 Å². The highest BCUT2D eigenvalue weighted by Gasteiger charge is 2.30. The molecule has 0 aliphatic heterocycles. The maximum Gasteiger partial charge on any atom is 0.255 e. The highest BCUT2D eigenvalue weighted by molar-refractivity contribution is 5.99. The van der Waals surface area contributed by atoms with Crippen molar-refractivity contribution in [2.75, 3.05) is 12.8 Å². The van der Waals surface area contributed by atoms with E-state index >= 15 is 0 Å². The zero-order chi connectivity index (χ0) is 21.8. The number of pyridine rings is 1. The lowest BCUT2D eigenvalue weighted by Crippen LogP contribution is -2.41. The van der Waals surface area contributed by atoms with E-state index in [1.54, 1.807) is 30.3 Å². The largest absolute Gasteiger partial charge is 0.497 e. The number of anilines is 1. The van der Waals surface area contributed by atoms with Gasteiger partial charge in [-0.25, -0.2) is 4.98 Å². The summed E-state index contributed by atoms with van der Waals surface area (Å²) >= 11 is 0. The van der Waals surface area contributed by atoms with Crippen molar-refractivity contribution in [1.82, 2.24) is 20.1 Å². The number of nitrogen functional groups attached to an aromatic ring is 1. The second-order valence-electron chi connectivity index (χ2n) is 7.77. The van der Waals surface area contributed by atoms with E-state index in [0.29, 0.717) is 12.2 Å². The van der Waals surface area contributed by atoms with Crippen LogP contribution in [0.2, 0.25) is 0 Å². The van der Waals surface area contributed by atoms with E-state index in [1.165, 1.54) is 0 Å². The highest BCUT2D eigenvalue weighted by Crippen LogP contribution is 2.26. The Bertz CT molecular complexity index is 1060. The first-order valence-corrected chi connectivity index (χ1v) is 10.3. The molecule has 1 aliphatic carbocycles. The van der Waals surface area contributed by atoms with Crippen molar-refractivity contribution in [2.45, 2.75) is 38.0 Å². The summed E-state index contributed by atoms with van der Waals surface area (Å²) in [6.45, 7) is 0.467. The molecule has 3 N–H and O–H groups in total. The first kappa shape index (κ1) is 20.9. The lowest BCUT2D eigenvalue weighted by Gasteiger charge is -2.22. The van der Waals surface area contributed by atoms with Gasteiger partial charge in [-0.2, -0.15) is 5.10 Å². The zero-order valence-electron chi connectivity index (χ0n) is 17.7. The number of aryl methyl sites for hydroxylation is 1. The van der Waals surface area contributed by atoms with E-state index in [1.807, 2.05) is 37.5 Å². The van der Waals surface area contributed by atoms with Crippen LogP contribution < -0.4 is 15.8 Å². The molecule has 4 rings (SSSR count). The van der Waals surface area contributed by atoms with E-state index < -0.39 is 0 Å². The van der Waals surface area contributed by atoms with Gasteiger partial charge in [-0.15, -0.1) is 0 Å². The minimum Gasteiger partial charge on any atom is -0.497 e. The molecule has 1 fully saturated rings. The summed E-state index contributed by atoms with van der Waals surface area (Å²) in [5, 5.41) is 7.27. The van der Waals surface area contributed by atoms with Crippen LogP contribution in [0.25, 0.3) is 11.1 Å². The van der Waals surface area contributed by atoms with Gasteiger partial charge in [0.15, 0.2) is 0 Å². The van der Waals surface area contributed by atoms with Gasteiger partial charge in [0, 0.05) is 30.6 Å². The number of nitrogens with one attached hydrogen (secondary N) is 1. The Morgan fingerprint density at radius 3 is 2.90 bits per heavy atom. The number of carbonyl (C=O) groups excluding carboxylic acids is 1. The summed E-state index contributed by atoms with van der Waals surface area (Å²) in [5.41, 5.74) is 9.08. The van der Waals surface area contributed by atoms with Crippen LogP contribution in [-0.4, -0.2) is 39.9 Å². The standard InChI is InChI=1S/C23H27N5O3/c1-28-13-17(12-26-28)16-10-19(22(24)25-11-16)23(29)27-20-7-4-8-21(20)31-14-15-5-3-6-18(9-15)30-2/h3,5-6,9-13,20-21H,4,7-8,14H2,1-2H3,(H2,24,25)(H,27,29)/t20-,21-/m1/s1. The number of nitrogens with zero attached hydrogens (tertiary/aromatic N) is 3. The summed E-state index contributed by atoms with van der Waals surface area (Å²) in [5.74, 6) is 0.767. The number of rotatable bonds is 7. The van der Waals surface area contributed by atoms with Crippen molar-refractivity contribution in [3.8, 4) is 16.9 Å². The van der Waals surface area contributed by atoms with Gasteiger partial charge in [-0.1, -0.05) is 12.1 Å². The lowest BCUT2D eigenvalue weighted by molar-refractivity contribution is 0.0271. The Hall–Kier alpha value is -3.39. The van der Waals surface area contributed by atoms with Crippen molar-refractivity contribution in [2.24, 2.45) is 7.05 Å². The number of hydrogen-bond acceptors (Lipinski definition) is 6. The molecular formula is C23H27N5O3. The van der Waals surface area contributed by atoms with E-state index in [0.717, 1.165) is 41.7 Å². The topological polar surface area (TPSA) is 104 Å². The van der Waals surface area contributed by atoms with Crippen molar-refractivity contribution < 1.29 is 14.3 Å². The summed E-state index contributed by atoms with van der Waals surface area (Å²) in [6, 6.07) is 9.49. The Morgan fingerprint density at radius 2 is 2.13 bits per heavy atom. The molecule has 8 nitrogen and oxygen atoms in total. The molecular weight excluding hydrogens is 394 g/mol. The maximum atomic E-state index is 13.0. The third kappa shape index (κ3) is 4.86. The average Bonchev–Trinajstić information content (AvgIpc) is 3.41. The lowest BCUT2D eigenvalue weighted by atomic mass is 10.1. The summed E-state index contributed by atoms with van der Waals surface area (Å²) in [6.07, 6.45) is 7.96. The molecule has 1 amide bonds. The molecule has 2 heterocycles. The zero-order valence-corrected chi connectivity index (χ0v) is 17.7. The van der Waals surface area contributed by atoms with Crippen LogP contribution in [0.15, 0.2) is 48.9 Å². The van der Waals surface area contributed by atoms with E-state index in [4.69, 9.17) is 15.2 Å². The van der Waals surface area contributed by atoms with Crippen molar-refractivity contribution in [1.29, 1.82) is 0 Å². The Balaban J connectivity index is 1.42. The number of hydrogen-bond donors (Lipinski definition) is 2. The third-order valence-corrected chi connectivity index (χ3v) is 5.57. The smallest absolute Gasteiger partial charge is 0.255 e. The number of ether oxygens (including phenoxy) is 2. The molecule has 31 heavy (non-hydrogen) atoms. The maximum absolute atomic E-state index is 13.0. The minimum absolute atomic E-state index is 0.0501. The first-order valence-electron chi connectivity index (χ1n) is 10.3. The van der Waals surface area contributed by atoms with Crippen LogP contribution in [0, 0.1) is 0 Å². The normalized spacial score (nSPS) is 18.1. The predicted molar refractivity (Wildman–Crippen MR) is 118 cm³/mol. The molecule has 2 aromatic heterocycles. The number of carbonyl (C=O) groups is 1. The SMILES string of the molecule is COc1cccc(CO[C@@H]2CCC[C@H]2NC(=O)c2cc(-c3cnn(C)c3)cnc2N)c1. The molecule has 2 atom stereocenters. The van der Waals surface area contributed by atoms with Crippen molar-refractivity contribution in [3.63, 3.8) is 0 Å². The van der Waals surface area contributed by atoms with Gasteiger partial charge in [0.1, 0.15) is 11.6 Å². The number of nitrogens with two attached hydrogens (primary N) is 1. The average molecular weight is 422 g/mol. The molecule has 162 valence electrons. The van der Waals surface area contributed by atoms with Crippen molar-refractivity contribution in [3.05, 3.63) is 60.0 Å². The van der Waals surface area contributed by atoms with Crippen LogP contribution in [0.5, 0.6) is 5.75 Å². The third-order valence-electron chi connectivity index (χ3n) is 5.57. The summed E-state index contributed by atoms with van der Waals surface area (Å²) in [7, 11) is 3.49. The molecule has 8 heteroatoms. The number of methoxy groups -OCH3 is 1. The molecule has 3 aromatic rings. The molecule has 1 aromatic carbocycles. The molecule has 0 unspecified atom stereocenters.